The molecule has 1 atom stereocenters. The van der Waals surface area contributed by atoms with Crippen LogP contribution < -0.4 is 5.32 Å². The van der Waals surface area contributed by atoms with E-state index in [1.54, 1.807) is 0 Å². The number of rotatable bonds is 10. The average molecular weight is 249 g/mol. The molecule has 0 bridgehead atoms. The van der Waals surface area contributed by atoms with Crippen molar-refractivity contribution in [1.29, 1.82) is 0 Å². The normalized spacial score (nSPS) is 14.1. The lowest BCUT2D eigenvalue weighted by Gasteiger charge is -2.34. The van der Waals surface area contributed by atoms with Gasteiger partial charge in [0.25, 0.3) is 0 Å². The van der Waals surface area contributed by atoms with Crippen LogP contribution in [0.5, 0.6) is 0 Å². The van der Waals surface area contributed by atoms with Crippen molar-refractivity contribution in [2.45, 2.75) is 46.2 Å². The molecule has 0 aromatic carbocycles. The average Bonchev–Trinajstić information content (AvgIpc) is 2.26. The van der Waals surface area contributed by atoms with Gasteiger partial charge >= 0.3 is 8.80 Å². The fraction of sp³-hybridized carbons (Fsp3) is 1.00. The van der Waals surface area contributed by atoms with Gasteiger partial charge in [-0.1, -0.05) is 13.3 Å². The third kappa shape index (κ3) is 4.51. The van der Waals surface area contributed by atoms with Crippen LogP contribution >= 0.6 is 0 Å². The molecule has 0 aromatic rings. The molecule has 0 amide bonds. The summed E-state index contributed by atoms with van der Waals surface area (Å²) < 4.78 is 17.5. The molecule has 0 aromatic heterocycles. The highest BCUT2D eigenvalue weighted by molar-refractivity contribution is 6.62. The number of hydrogen-bond acceptors (Lipinski definition) is 4. The van der Waals surface area contributed by atoms with Crippen molar-refractivity contribution >= 4 is 8.80 Å². The molecule has 4 nitrogen and oxygen atoms in total. The largest absolute Gasteiger partial charge is 0.518 e. The second kappa shape index (κ2) is 9.12. The summed E-state index contributed by atoms with van der Waals surface area (Å²) in [5.41, 5.74) is 0.192. The lowest BCUT2D eigenvalue weighted by Crippen LogP contribution is -2.61. The van der Waals surface area contributed by atoms with Gasteiger partial charge in [-0.3, -0.25) is 0 Å². The third-order valence-corrected chi connectivity index (χ3v) is 5.89. The smallest absolute Gasteiger partial charge is 0.373 e. The Labute approximate surface area is 101 Å². The highest BCUT2D eigenvalue weighted by Crippen LogP contribution is 2.18. The molecule has 16 heavy (non-hydrogen) atoms. The zero-order valence-electron chi connectivity index (χ0n) is 11.3. The molecule has 0 aliphatic heterocycles. The summed E-state index contributed by atoms with van der Waals surface area (Å²) in [4.78, 5) is 0. The van der Waals surface area contributed by atoms with Crippen molar-refractivity contribution in [3.8, 4) is 0 Å². The van der Waals surface area contributed by atoms with Gasteiger partial charge in [0.2, 0.25) is 0 Å². The summed E-state index contributed by atoms with van der Waals surface area (Å²) >= 11 is 0. The molecule has 0 radical (unpaired) electrons. The topological polar surface area (TPSA) is 39.7 Å². The molecule has 0 saturated carbocycles. The lowest BCUT2D eigenvalue weighted by atomic mass is 10.3. The minimum absolute atomic E-state index is 0.192. The Morgan fingerprint density at radius 2 is 1.38 bits per heavy atom. The van der Waals surface area contributed by atoms with Crippen molar-refractivity contribution in [2.75, 3.05) is 26.9 Å². The maximum absolute atomic E-state index is 5.85. The second-order valence-electron chi connectivity index (χ2n) is 3.53. The van der Waals surface area contributed by atoms with Gasteiger partial charge in [0.15, 0.2) is 0 Å². The molecule has 98 valence electrons. The Kier molecular flexibility index (Phi) is 9.16. The van der Waals surface area contributed by atoms with Crippen molar-refractivity contribution in [2.24, 2.45) is 0 Å². The first-order valence-electron chi connectivity index (χ1n) is 6.29. The fourth-order valence-electron chi connectivity index (χ4n) is 1.82. The van der Waals surface area contributed by atoms with E-state index in [1.165, 1.54) is 0 Å². The summed E-state index contributed by atoms with van der Waals surface area (Å²) in [7, 11) is -0.613. The minimum atomic E-state index is -2.56. The van der Waals surface area contributed by atoms with Gasteiger partial charge in [0, 0.05) is 19.8 Å². The lowest BCUT2D eigenvalue weighted by molar-refractivity contribution is 0.0576. The Morgan fingerprint density at radius 3 is 1.62 bits per heavy atom. The third-order valence-electron chi connectivity index (χ3n) is 2.39. The van der Waals surface area contributed by atoms with E-state index in [1.807, 2.05) is 27.8 Å². The first-order chi connectivity index (χ1) is 7.70. The van der Waals surface area contributed by atoms with Gasteiger partial charge in [0.05, 0.1) is 5.67 Å². The van der Waals surface area contributed by atoms with Crippen LogP contribution in [-0.4, -0.2) is 41.3 Å². The van der Waals surface area contributed by atoms with E-state index in [2.05, 4.69) is 12.2 Å². The van der Waals surface area contributed by atoms with Crippen LogP contribution in [0, 0.1) is 0 Å². The summed E-state index contributed by atoms with van der Waals surface area (Å²) in [5.74, 6) is 0. The van der Waals surface area contributed by atoms with E-state index in [0.717, 1.165) is 12.8 Å². The Morgan fingerprint density at radius 1 is 0.938 bits per heavy atom. The minimum Gasteiger partial charge on any atom is -0.373 e. The van der Waals surface area contributed by atoms with Crippen molar-refractivity contribution in [3.63, 3.8) is 0 Å². The van der Waals surface area contributed by atoms with Crippen LogP contribution in [0.1, 0.15) is 40.5 Å². The first kappa shape index (κ1) is 16.1. The maximum atomic E-state index is 5.85. The number of hydrogen-bond donors (Lipinski definition) is 1. The highest BCUT2D eigenvalue weighted by Gasteiger charge is 2.48. The standard InChI is InChI=1S/C11H27NO3Si/c1-6-10-11(12-5)16(13-7-2,14-8-3)15-9-4/h11-12H,6-10H2,1-5H3. The van der Waals surface area contributed by atoms with Gasteiger partial charge in [-0.2, -0.15) is 0 Å². The molecule has 5 heteroatoms. The van der Waals surface area contributed by atoms with Gasteiger partial charge in [-0.15, -0.1) is 0 Å². The Bertz CT molecular complexity index is 152. The van der Waals surface area contributed by atoms with Crippen LogP contribution in [0.2, 0.25) is 0 Å². The van der Waals surface area contributed by atoms with E-state index in [0.29, 0.717) is 19.8 Å². The number of nitrogens with one attached hydrogen (secondary N) is 1. The zero-order valence-corrected chi connectivity index (χ0v) is 12.3. The Hall–Kier alpha value is 0.0569. The molecule has 0 heterocycles. The zero-order chi connectivity index (χ0) is 12.4. The molecule has 0 spiro atoms. The summed E-state index contributed by atoms with van der Waals surface area (Å²) in [6, 6.07) is 0. The fourth-order valence-corrected chi connectivity index (χ4v) is 4.87. The molecular weight excluding hydrogens is 222 g/mol. The van der Waals surface area contributed by atoms with Gasteiger partial charge in [-0.05, 0) is 34.2 Å². The molecule has 0 rings (SSSR count). The van der Waals surface area contributed by atoms with Gasteiger partial charge < -0.3 is 18.6 Å². The van der Waals surface area contributed by atoms with E-state index in [9.17, 15) is 0 Å². The molecule has 0 saturated heterocycles. The molecule has 0 aliphatic carbocycles. The maximum Gasteiger partial charge on any atom is 0.518 e. The van der Waals surface area contributed by atoms with E-state index in [4.69, 9.17) is 13.3 Å². The Balaban J connectivity index is 4.78. The quantitative estimate of drug-likeness (QED) is 0.601. The predicted molar refractivity (Wildman–Crippen MR) is 68.4 cm³/mol. The molecular formula is C11H27NO3Si. The predicted octanol–water partition coefficient (Wildman–Crippen LogP) is 1.96. The molecule has 0 fully saturated rings. The highest BCUT2D eigenvalue weighted by atomic mass is 28.4. The van der Waals surface area contributed by atoms with Crippen molar-refractivity contribution in [1.82, 2.24) is 5.32 Å². The molecule has 1 unspecified atom stereocenters. The van der Waals surface area contributed by atoms with E-state index < -0.39 is 8.80 Å². The first-order valence-corrected chi connectivity index (χ1v) is 8.09. The van der Waals surface area contributed by atoms with E-state index >= 15 is 0 Å². The molecule has 0 aliphatic rings. The van der Waals surface area contributed by atoms with Crippen LogP contribution in [0.15, 0.2) is 0 Å². The van der Waals surface area contributed by atoms with Crippen LogP contribution in [0.3, 0.4) is 0 Å². The van der Waals surface area contributed by atoms with Crippen molar-refractivity contribution in [3.05, 3.63) is 0 Å². The summed E-state index contributed by atoms with van der Waals surface area (Å²) in [6.45, 7) is 10.0. The summed E-state index contributed by atoms with van der Waals surface area (Å²) in [5, 5.41) is 3.29. The van der Waals surface area contributed by atoms with Gasteiger partial charge in [0.1, 0.15) is 0 Å². The SMILES string of the molecule is CCCC(NC)[Si](OCC)(OCC)OCC. The van der Waals surface area contributed by atoms with Crippen LogP contribution in [0.25, 0.3) is 0 Å². The van der Waals surface area contributed by atoms with Crippen LogP contribution in [-0.2, 0) is 13.3 Å². The van der Waals surface area contributed by atoms with Crippen molar-refractivity contribution < 1.29 is 13.3 Å². The monoisotopic (exact) mass is 249 g/mol. The van der Waals surface area contributed by atoms with E-state index in [-0.39, 0.29) is 5.67 Å². The van der Waals surface area contributed by atoms with Gasteiger partial charge in [-0.25, -0.2) is 0 Å². The second-order valence-corrected chi connectivity index (χ2v) is 6.30. The van der Waals surface area contributed by atoms with Crippen LogP contribution in [0.4, 0.5) is 0 Å². The molecule has 1 N–H and O–H groups in total. The summed E-state index contributed by atoms with van der Waals surface area (Å²) in [6.07, 6.45) is 2.11.